The van der Waals surface area contributed by atoms with E-state index in [9.17, 15) is 14.7 Å². The normalized spacial score (nSPS) is 15.6. The number of hydrogen-bond acceptors (Lipinski definition) is 7. The third kappa shape index (κ3) is 6.12. The minimum Gasteiger partial charge on any atom is -0.495 e. The largest absolute Gasteiger partial charge is 0.509 e. The molecule has 1 aliphatic heterocycles. The molecule has 1 saturated heterocycles. The van der Waals surface area contributed by atoms with Crippen LogP contribution in [0.4, 0.5) is 4.79 Å². The highest BCUT2D eigenvalue weighted by Gasteiger charge is 2.39. The number of thioether (sulfide) groups is 2. The van der Waals surface area contributed by atoms with E-state index in [-0.39, 0.29) is 28.4 Å². The quantitative estimate of drug-likeness (QED) is 0.166. The van der Waals surface area contributed by atoms with E-state index >= 15 is 0 Å². The molecule has 4 aromatic rings. The average Bonchev–Trinajstić information content (AvgIpc) is 3.43. The van der Waals surface area contributed by atoms with E-state index in [1.165, 1.54) is 24.3 Å². The number of aromatic carboxylic acids is 1. The van der Waals surface area contributed by atoms with Crippen molar-refractivity contribution >= 4 is 35.6 Å². The Kier molecular flexibility index (Phi) is 8.95. The third-order valence-electron chi connectivity index (χ3n) is 7.96. The van der Waals surface area contributed by atoms with E-state index in [0.29, 0.717) is 5.56 Å². The molecule has 0 spiro atoms. The molecule has 2 aliphatic rings. The maximum atomic E-state index is 13.5. The van der Waals surface area contributed by atoms with E-state index in [2.05, 4.69) is 18.2 Å². The van der Waals surface area contributed by atoms with Gasteiger partial charge in [-0.3, -0.25) is 0 Å². The number of para-hydroxylation sites is 1. The number of carboxylic acid groups (broad SMARTS) is 1. The molecule has 0 aromatic heterocycles. The van der Waals surface area contributed by atoms with Gasteiger partial charge in [-0.2, -0.15) is 0 Å². The second-order valence-electron chi connectivity index (χ2n) is 10.5. The van der Waals surface area contributed by atoms with Crippen LogP contribution in [0.1, 0.15) is 56.6 Å². The Morgan fingerprint density at radius 1 is 0.884 bits per heavy atom. The molecule has 1 N–H and O–H groups in total. The lowest BCUT2D eigenvalue weighted by Gasteiger charge is -2.35. The van der Waals surface area contributed by atoms with Crippen LogP contribution in [0.2, 0.25) is 0 Å². The van der Waals surface area contributed by atoms with E-state index < -0.39 is 18.2 Å². The Morgan fingerprint density at radius 3 is 2.37 bits per heavy atom. The van der Waals surface area contributed by atoms with Gasteiger partial charge in [0.25, 0.3) is 0 Å². The molecule has 2 unspecified atom stereocenters. The molecule has 220 valence electrons. The molecule has 1 fully saturated rings. The van der Waals surface area contributed by atoms with Gasteiger partial charge < -0.3 is 19.3 Å². The molecular weight excluding hydrogens is 581 g/mol. The second kappa shape index (κ2) is 13.2. The van der Waals surface area contributed by atoms with Gasteiger partial charge >= 0.3 is 12.1 Å². The van der Waals surface area contributed by atoms with Gasteiger partial charge in [0.1, 0.15) is 24.0 Å². The molecular formula is C35H32O6S2. The van der Waals surface area contributed by atoms with Crippen molar-refractivity contribution < 1.29 is 28.9 Å². The summed E-state index contributed by atoms with van der Waals surface area (Å²) in [6, 6.07) is 29.3. The van der Waals surface area contributed by atoms with E-state index in [0.717, 1.165) is 46.6 Å². The minimum atomic E-state index is -1.11. The van der Waals surface area contributed by atoms with Gasteiger partial charge in [0.05, 0.1) is 11.7 Å². The Morgan fingerprint density at radius 2 is 1.60 bits per heavy atom. The Balaban J connectivity index is 1.33. The van der Waals surface area contributed by atoms with Crippen LogP contribution in [0.3, 0.4) is 0 Å². The predicted octanol–water partition coefficient (Wildman–Crippen LogP) is 8.34. The van der Waals surface area contributed by atoms with Gasteiger partial charge in [0.2, 0.25) is 0 Å². The first-order valence-corrected chi connectivity index (χ1v) is 16.4. The van der Waals surface area contributed by atoms with Gasteiger partial charge in [-0.05, 0) is 63.8 Å². The molecule has 6 nitrogen and oxygen atoms in total. The zero-order valence-corrected chi connectivity index (χ0v) is 25.4. The topological polar surface area (TPSA) is 82.1 Å². The number of benzene rings is 4. The molecule has 0 bridgehead atoms. The summed E-state index contributed by atoms with van der Waals surface area (Å²) in [7, 11) is 1.44. The molecule has 2 atom stereocenters. The Bertz CT molecular complexity index is 1620. The van der Waals surface area contributed by atoms with Crippen molar-refractivity contribution in [1.29, 1.82) is 0 Å². The number of carboxylic acids is 1. The average molecular weight is 613 g/mol. The summed E-state index contributed by atoms with van der Waals surface area (Å²) >= 11 is 3.66. The fourth-order valence-electron chi connectivity index (χ4n) is 6.00. The van der Waals surface area contributed by atoms with Gasteiger partial charge in [0.15, 0.2) is 0 Å². The van der Waals surface area contributed by atoms with Crippen LogP contribution in [0.15, 0.2) is 91.0 Å². The zero-order valence-electron chi connectivity index (χ0n) is 23.7. The SMILES string of the molecule is COc1c(C(=O)O)cccc1C(OC(=O)OCc1cccc2c1Cc1ccccc1-2)C(c1ccccc1)C1SCCCS1. The third-order valence-corrected chi connectivity index (χ3v) is 11.1. The van der Waals surface area contributed by atoms with Crippen LogP contribution in [0.25, 0.3) is 11.1 Å². The van der Waals surface area contributed by atoms with Crippen LogP contribution in [0, 0.1) is 0 Å². The van der Waals surface area contributed by atoms with Gasteiger partial charge in [-0.1, -0.05) is 84.9 Å². The number of ether oxygens (including phenoxy) is 3. The molecule has 43 heavy (non-hydrogen) atoms. The van der Waals surface area contributed by atoms with Crippen molar-refractivity contribution in [1.82, 2.24) is 0 Å². The molecule has 1 heterocycles. The molecule has 0 amide bonds. The summed E-state index contributed by atoms with van der Waals surface area (Å²) in [5.41, 5.74) is 7.22. The Labute approximate surface area is 259 Å². The van der Waals surface area contributed by atoms with E-state index in [1.54, 1.807) is 12.1 Å². The predicted molar refractivity (Wildman–Crippen MR) is 171 cm³/mol. The van der Waals surface area contributed by atoms with Crippen LogP contribution < -0.4 is 4.74 Å². The smallest absolute Gasteiger partial charge is 0.495 e. The number of fused-ring (bicyclic) bond motifs is 3. The van der Waals surface area contributed by atoms with Gasteiger partial charge in [-0.25, -0.2) is 9.59 Å². The monoisotopic (exact) mass is 612 g/mol. The van der Waals surface area contributed by atoms with Crippen LogP contribution in [-0.4, -0.2) is 40.4 Å². The van der Waals surface area contributed by atoms with Crippen LogP contribution in [-0.2, 0) is 22.5 Å². The summed E-state index contributed by atoms with van der Waals surface area (Å²) in [6.07, 6.45) is 0.226. The van der Waals surface area contributed by atoms with Crippen LogP contribution >= 0.6 is 23.5 Å². The molecule has 0 radical (unpaired) electrons. The highest BCUT2D eigenvalue weighted by atomic mass is 32.2. The van der Waals surface area contributed by atoms with Crippen LogP contribution in [0.5, 0.6) is 5.75 Å². The first-order valence-electron chi connectivity index (χ1n) is 14.3. The summed E-state index contributed by atoms with van der Waals surface area (Å²) in [5.74, 6) is 0.769. The number of hydrogen-bond donors (Lipinski definition) is 1. The number of rotatable bonds is 9. The van der Waals surface area contributed by atoms with Crippen molar-refractivity contribution in [2.45, 2.75) is 36.1 Å². The fourth-order valence-corrected chi connectivity index (χ4v) is 9.25. The van der Waals surface area contributed by atoms with Crippen molar-refractivity contribution in [2.75, 3.05) is 18.6 Å². The molecule has 1 aliphatic carbocycles. The van der Waals surface area contributed by atoms with E-state index in [1.807, 2.05) is 78.1 Å². The molecule has 0 saturated carbocycles. The zero-order chi connectivity index (χ0) is 29.8. The number of carbonyl (C=O) groups excluding carboxylic acids is 1. The highest BCUT2D eigenvalue weighted by Crippen LogP contribution is 2.50. The van der Waals surface area contributed by atoms with Crippen molar-refractivity contribution in [2.24, 2.45) is 0 Å². The fraction of sp³-hybridized carbons (Fsp3) is 0.257. The summed E-state index contributed by atoms with van der Waals surface area (Å²) in [4.78, 5) is 25.7. The lowest BCUT2D eigenvalue weighted by molar-refractivity contribution is 0.00966. The molecule has 4 aromatic carbocycles. The second-order valence-corrected chi connectivity index (χ2v) is 13.3. The first-order chi connectivity index (χ1) is 21.0. The lowest BCUT2D eigenvalue weighted by atomic mass is 9.88. The van der Waals surface area contributed by atoms with Crippen molar-refractivity contribution in [3.63, 3.8) is 0 Å². The summed E-state index contributed by atoms with van der Waals surface area (Å²) < 4.78 is 17.8. The Hall–Kier alpha value is -3.88. The maximum Gasteiger partial charge on any atom is 0.509 e. The van der Waals surface area contributed by atoms with E-state index in [4.69, 9.17) is 14.2 Å². The number of carbonyl (C=O) groups is 2. The molecule has 6 rings (SSSR count). The summed E-state index contributed by atoms with van der Waals surface area (Å²) in [5, 5.41) is 9.92. The highest BCUT2D eigenvalue weighted by molar-refractivity contribution is 8.17. The summed E-state index contributed by atoms with van der Waals surface area (Å²) in [6.45, 7) is 0.0674. The van der Waals surface area contributed by atoms with Crippen molar-refractivity contribution in [3.8, 4) is 16.9 Å². The van der Waals surface area contributed by atoms with Gasteiger partial charge in [-0.15, -0.1) is 23.5 Å². The standard InChI is InChI=1S/C35H32O6S2/c1-39-31-27(16-8-17-28(31)33(36)37)32(30(22-10-3-2-4-11-22)34-42-18-9-19-43-34)41-35(38)40-21-24-13-7-15-26-25-14-6-5-12-23(25)20-29(24)26/h2-8,10-17,30,32,34H,9,18-21H2,1H3,(H,36,37). The lowest BCUT2D eigenvalue weighted by Crippen LogP contribution is -2.27. The minimum absolute atomic E-state index is 0.0112. The maximum absolute atomic E-state index is 13.5. The van der Waals surface area contributed by atoms with Crippen molar-refractivity contribution in [3.05, 3.63) is 124 Å². The van der Waals surface area contributed by atoms with Gasteiger partial charge in [0, 0.05) is 11.5 Å². The number of methoxy groups -OCH3 is 1. The molecule has 8 heteroatoms. The first kappa shape index (κ1) is 29.2.